The quantitative estimate of drug-likeness (QED) is 0.769. The number of aliphatic carboxylic acids is 1. The van der Waals surface area contributed by atoms with E-state index in [1.807, 2.05) is 25.1 Å². The Morgan fingerprint density at radius 1 is 1.23 bits per heavy atom. The molecule has 0 bridgehead atoms. The Hall–Kier alpha value is -2.15. The van der Waals surface area contributed by atoms with E-state index in [4.69, 9.17) is 0 Å². The van der Waals surface area contributed by atoms with Crippen LogP contribution in [0.1, 0.15) is 50.5 Å². The minimum atomic E-state index is -0.970. The molecule has 2 amide bonds. The fraction of sp³-hybridized carbons (Fsp3) is 0.652. The molecule has 2 aliphatic carbocycles. The number of carboxylic acids is 1. The first-order chi connectivity index (χ1) is 14.3. The monoisotopic (exact) mass is 417 g/mol. The van der Waals surface area contributed by atoms with E-state index < -0.39 is 5.97 Å². The zero-order valence-corrected chi connectivity index (χ0v) is 17.9. The highest BCUT2D eigenvalue weighted by atomic mass is 19.1. The van der Waals surface area contributed by atoms with Crippen LogP contribution in [0.25, 0.3) is 0 Å². The predicted octanol–water partition coefficient (Wildman–Crippen LogP) is 3.52. The maximum Gasteiger partial charge on any atom is 0.323 e. The maximum absolute atomic E-state index is 14.0. The Balaban J connectivity index is 1.60. The molecule has 1 spiro atoms. The van der Waals surface area contributed by atoms with Gasteiger partial charge < -0.3 is 14.9 Å². The number of rotatable bonds is 6. The van der Waals surface area contributed by atoms with Gasteiger partial charge in [0.1, 0.15) is 12.4 Å². The summed E-state index contributed by atoms with van der Waals surface area (Å²) in [6.45, 7) is 0.950. The molecule has 1 aromatic rings. The molecule has 0 unspecified atom stereocenters. The van der Waals surface area contributed by atoms with Crippen LogP contribution in [-0.2, 0) is 10.3 Å². The minimum Gasteiger partial charge on any atom is -0.480 e. The SMILES string of the molecule is CN(C)[C@]1(c2cccc(F)c2)CC[C@]2(CC1)CN(CC(=O)O)C(=O)N2CC1CCC1. The summed E-state index contributed by atoms with van der Waals surface area (Å²) in [5.41, 5.74) is 0.368. The Morgan fingerprint density at radius 2 is 1.93 bits per heavy atom. The molecule has 4 rings (SSSR count). The third-order valence-electron chi connectivity index (χ3n) is 7.78. The normalized spacial score (nSPS) is 29.7. The summed E-state index contributed by atoms with van der Waals surface area (Å²) in [5, 5.41) is 9.28. The average molecular weight is 418 g/mol. The molecule has 164 valence electrons. The van der Waals surface area contributed by atoms with Crippen LogP contribution in [0.15, 0.2) is 24.3 Å². The lowest BCUT2D eigenvalue weighted by molar-refractivity contribution is -0.137. The van der Waals surface area contributed by atoms with E-state index in [1.165, 1.54) is 17.4 Å². The first-order valence-corrected chi connectivity index (χ1v) is 11.0. The molecule has 0 aromatic heterocycles. The number of carbonyl (C=O) groups excluding carboxylic acids is 1. The number of carbonyl (C=O) groups is 2. The lowest BCUT2D eigenvalue weighted by atomic mass is 9.68. The van der Waals surface area contributed by atoms with Crippen LogP contribution >= 0.6 is 0 Å². The van der Waals surface area contributed by atoms with Gasteiger partial charge in [-0.25, -0.2) is 9.18 Å². The van der Waals surface area contributed by atoms with Gasteiger partial charge in [0.25, 0.3) is 0 Å². The molecule has 0 atom stereocenters. The Bertz CT molecular complexity index is 816. The summed E-state index contributed by atoms with van der Waals surface area (Å²) in [5.74, 6) is -0.675. The van der Waals surface area contributed by atoms with Crippen LogP contribution < -0.4 is 0 Å². The molecule has 1 N–H and O–H groups in total. The Kier molecular flexibility index (Phi) is 5.51. The van der Waals surface area contributed by atoms with E-state index in [1.54, 1.807) is 12.1 Å². The van der Waals surface area contributed by atoms with Crippen molar-refractivity contribution in [2.45, 2.75) is 56.0 Å². The van der Waals surface area contributed by atoms with Gasteiger partial charge in [-0.3, -0.25) is 9.69 Å². The van der Waals surface area contributed by atoms with Crippen molar-refractivity contribution in [2.24, 2.45) is 5.92 Å². The van der Waals surface area contributed by atoms with Crippen molar-refractivity contribution in [1.29, 1.82) is 0 Å². The molecule has 1 aliphatic heterocycles. The first-order valence-electron chi connectivity index (χ1n) is 11.0. The topological polar surface area (TPSA) is 64.1 Å². The van der Waals surface area contributed by atoms with Gasteiger partial charge in [-0.15, -0.1) is 0 Å². The van der Waals surface area contributed by atoms with Gasteiger partial charge in [-0.1, -0.05) is 18.6 Å². The molecule has 0 radical (unpaired) electrons. The Labute approximate surface area is 177 Å². The van der Waals surface area contributed by atoms with Crippen molar-refractivity contribution < 1.29 is 19.1 Å². The van der Waals surface area contributed by atoms with E-state index in [0.717, 1.165) is 50.6 Å². The largest absolute Gasteiger partial charge is 0.480 e. The molecule has 3 aliphatic rings. The predicted molar refractivity (Wildman–Crippen MR) is 112 cm³/mol. The van der Waals surface area contributed by atoms with Gasteiger partial charge in [0.2, 0.25) is 0 Å². The zero-order valence-electron chi connectivity index (χ0n) is 17.9. The van der Waals surface area contributed by atoms with Gasteiger partial charge >= 0.3 is 12.0 Å². The zero-order chi connectivity index (χ0) is 21.5. The van der Waals surface area contributed by atoms with Crippen molar-refractivity contribution in [3.05, 3.63) is 35.6 Å². The highest BCUT2D eigenvalue weighted by molar-refractivity contribution is 5.83. The summed E-state index contributed by atoms with van der Waals surface area (Å²) in [7, 11) is 4.07. The Morgan fingerprint density at radius 3 is 2.47 bits per heavy atom. The number of carboxylic acid groups (broad SMARTS) is 1. The lowest BCUT2D eigenvalue weighted by Crippen LogP contribution is -2.56. The molecule has 6 nitrogen and oxygen atoms in total. The molecule has 2 saturated carbocycles. The van der Waals surface area contributed by atoms with Crippen LogP contribution in [0, 0.1) is 11.7 Å². The molecular weight excluding hydrogens is 385 g/mol. The van der Waals surface area contributed by atoms with Crippen LogP contribution in [0.4, 0.5) is 9.18 Å². The second kappa shape index (κ2) is 7.84. The number of benzene rings is 1. The van der Waals surface area contributed by atoms with Gasteiger partial charge in [-0.05, 0) is 76.2 Å². The van der Waals surface area contributed by atoms with Gasteiger partial charge in [-0.2, -0.15) is 0 Å². The van der Waals surface area contributed by atoms with Gasteiger partial charge in [0.15, 0.2) is 0 Å². The maximum atomic E-state index is 14.0. The summed E-state index contributed by atoms with van der Waals surface area (Å²) < 4.78 is 14.0. The second-order valence-electron chi connectivity index (χ2n) is 9.60. The van der Waals surface area contributed by atoms with Crippen LogP contribution in [0.2, 0.25) is 0 Å². The average Bonchev–Trinajstić information content (AvgIpc) is 2.89. The van der Waals surface area contributed by atoms with E-state index in [0.29, 0.717) is 12.5 Å². The standard InChI is InChI=1S/C23H32FN3O3/c1-25(2)23(18-7-4-8-19(24)13-18)11-9-22(10-12-23)16-26(15-20(28)29)21(30)27(22)14-17-5-3-6-17/h4,7-8,13,17H,3,5-6,9-12,14-16H2,1-2H3,(H,28,29)/t22-,23+. The molecule has 1 saturated heterocycles. The summed E-state index contributed by atoms with van der Waals surface area (Å²) >= 11 is 0. The highest BCUT2D eigenvalue weighted by Crippen LogP contribution is 2.49. The van der Waals surface area contributed by atoms with Crippen molar-refractivity contribution in [3.8, 4) is 0 Å². The van der Waals surface area contributed by atoms with E-state index in [-0.39, 0.29) is 29.5 Å². The van der Waals surface area contributed by atoms with Crippen molar-refractivity contribution in [2.75, 3.05) is 33.7 Å². The fourth-order valence-corrected chi connectivity index (χ4v) is 5.70. The molecule has 30 heavy (non-hydrogen) atoms. The summed E-state index contributed by atoms with van der Waals surface area (Å²) in [6.07, 6.45) is 6.68. The van der Waals surface area contributed by atoms with Gasteiger partial charge in [0, 0.05) is 18.6 Å². The van der Waals surface area contributed by atoms with E-state index in [9.17, 15) is 19.1 Å². The first kappa shape index (κ1) is 21.1. The number of hydrogen-bond donors (Lipinski definition) is 1. The van der Waals surface area contributed by atoms with E-state index >= 15 is 0 Å². The third kappa shape index (κ3) is 3.57. The summed E-state index contributed by atoms with van der Waals surface area (Å²) in [4.78, 5) is 30.1. The van der Waals surface area contributed by atoms with E-state index in [2.05, 4.69) is 4.90 Å². The van der Waals surface area contributed by atoms with Crippen molar-refractivity contribution >= 4 is 12.0 Å². The number of hydrogen-bond acceptors (Lipinski definition) is 3. The van der Waals surface area contributed by atoms with Crippen LogP contribution in [0.5, 0.6) is 0 Å². The number of nitrogens with zero attached hydrogens (tertiary/aromatic N) is 3. The third-order valence-corrected chi connectivity index (χ3v) is 7.78. The molecule has 7 heteroatoms. The second-order valence-corrected chi connectivity index (χ2v) is 9.60. The molecular formula is C23H32FN3O3. The van der Waals surface area contributed by atoms with Crippen LogP contribution in [0.3, 0.4) is 0 Å². The highest BCUT2D eigenvalue weighted by Gasteiger charge is 2.55. The molecule has 1 heterocycles. The van der Waals surface area contributed by atoms with Crippen molar-refractivity contribution in [1.82, 2.24) is 14.7 Å². The van der Waals surface area contributed by atoms with Gasteiger partial charge in [0.05, 0.1) is 5.54 Å². The molecule has 1 aromatic carbocycles. The number of urea groups is 1. The number of halogens is 1. The van der Waals surface area contributed by atoms with Crippen molar-refractivity contribution in [3.63, 3.8) is 0 Å². The minimum absolute atomic E-state index is 0.132. The molecule has 3 fully saturated rings. The lowest BCUT2D eigenvalue weighted by Gasteiger charge is -2.51. The van der Waals surface area contributed by atoms with Crippen LogP contribution in [-0.4, -0.2) is 71.1 Å². The smallest absolute Gasteiger partial charge is 0.323 e. The number of amides is 2. The summed E-state index contributed by atoms with van der Waals surface area (Å²) in [6, 6.07) is 6.71. The fourth-order valence-electron chi connectivity index (χ4n) is 5.70.